The summed E-state index contributed by atoms with van der Waals surface area (Å²) in [5, 5.41) is 15.1. The summed E-state index contributed by atoms with van der Waals surface area (Å²) in [7, 11) is 0. The van der Waals surface area contributed by atoms with E-state index < -0.39 is 42.8 Å². The predicted molar refractivity (Wildman–Crippen MR) is 149 cm³/mol. The minimum atomic E-state index is -3.25. The van der Waals surface area contributed by atoms with E-state index in [0.717, 1.165) is 21.2 Å². The van der Waals surface area contributed by atoms with E-state index in [2.05, 4.69) is 10.3 Å². The molecule has 6 nitrogen and oxygen atoms in total. The van der Waals surface area contributed by atoms with Crippen molar-refractivity contribution in [2.24, 2.45) is 0 Å². The normalized spacial score (nSPS) is 18.1. The quantitative estimate of drug-likeness (QED) is 0.312. The Hall–Kier alpha value is -4.61. The zero-order valence-corrected chi connectivity index (χ0v) is 21.9. The lowest BCUT2D eigenvalue weighted by atomic mass is 9.88. The number of halogens is 3. The predicted octanol–water partition coefficient (Wildman–Crippen LogP) is 6.08. The molecule has 1 fully saturated rings. The third-order valence-electron chi connectivity index (χ3n) is 6.88. The van der Waals surface area contributed by atoms with E-state index in [1.165, 1.54) is 18.5 Å². The summed E-state index contributed by atoms with van der Waals surface area (Å²) in [6.45, 7) is -1.46. The Morgan fingerprint density at radius 3 is 2.58 bits per heavy atom. The van der Waals surface area contributed by atoms with Gasteiger partial charge in [-0.2, -0.15) is 5.26 Å². The maximum atomic E-state index is 14.5. The molecule has 2 heterocycles. The van der Waals surface area contributed by atoms with Crippen LogP contribution in [-0.2, 0) is 10.3 Å². The van der Waals surface area contributed by atoms with E-state index in [-0.39, 0.29) is 5.56 Å². The van der Waals surface area contributed by atoms with Crippen LogP contribution >= 0.6 is 11.6 Å². The van der Waals surface area contributed by atoms with Gasteiger partial charge >= 0.3 is 0 Å². The molecule has 0 aliphatic carbocycles. The van der Waals surface area contributed by atoms with Gasteiger partial charge in [-0.1, -0.05) is 72.3 Å². The lowest BCUT2D eigenvalue weighted by Gasteiger charge is -2.32. The number of nitriles is 1. The first kappa shape index (κ1) is 27.0. The SMILES string of the molecule is N#CC1(c2ccccc2)CC(F)(F)CN1C(=O)CNC(=O)c1ccncc1/C=C/c1ccc2cc(Cl)ccc2c1. The molecule has 0 bridgehead atoms. The van der Waals surface area contributed by atoms with Gasteiger partial charge in [0.1, 0.15) is 0 Å². The highest BCUT2D eigenvalue weighted by Crippen LogP contribution is 2.45. The number of nitrogens with one attached hydrogen (secondary N) is 1. The molecule has 1 unspecified atom stereocenters. The first-order valence-corrected chi connectivity index (χ1v) is 12.8. The molecule has 1 aromatic heterocycles. The van der Waals surface area contributed by atoms with Crippen LogP contribution in [0.4, 0.5) is 8.78 Å². The topological polar surface area (TPSA) is 86.1 Å². The van der Waals surface area contributed by atoms with Crippen LogP contribution in [0.15, 0.2) is 85.2 Å². The van der Waals surface area contributed by atoms with Crippen LogP contribution in [0, 0.1) is 11.3 Å². The van der Waals surface area contributed by atoms with Crippen LogP contribution in [0.25, 0.3) is 22.9 Å². The molecule has 40 heavy (non-hydrogen) atoms. The van der Waals surface area contributed by atoms with Gasteiger partial charge in [-0.15, -0.1) is 0 Å². The summed E-state index contributed by atoms with van der Waals surface area (Å²) in [6, 6.07) is 23.0. The van der Waals surface area contributed by atoms with E-state index >= 15 is 0 Å². The van der Waals surface area contributed by atoms with Crippen molar-refractivity contribution in [2.75, 3.05) is 13.1 Å². The number of hydrogen-bond acceptors (Lipinski definition) is 4. The van der Waals surface area contributed by atoms with Gasteiger partial charge in [0.05, 0.1) is 25.6 Å². The number of pyridine rings is 1. The number of carbonyl (C=O) groups is 2. The van der Waals surface area contributed by atoms with Crippen molar-refractivity contribution in [3.63, 3.8) is 0 Å². The van der Waals surface area contributed by atoms with Crippen molar-refractivity contribution in [3.8, 4) is 6.07 Å². The van der Waals surface area contributed by atoms with Crippen molar-refractivity contribution in [1.82, 2.24) is 15.2 Å². The molecule has 4 aromatic rings. The average molecular weight is 557 g/mol. The molecule has 0 spiro atoms. The fourth-order valence-electron chi connectivity index (χ4n) is 4.95. The maximum Gasteiger partial charge on any atom is 0.269 e. The molecule has 5 rings (SSSR count). The van der Waals surface area contributed by atoms with Gasteiger partial charge in [-0.25, -0.2) is 8.78 Å². The Morgan fingerprint density at radius 1 is 1.05 bits per heavy atom. The van der Waals surface area contributed by atoms with Crippen molar-refractivity contribution >= 4 is 46.3 Å². The fourth-order valence-corrected chi connectivity index (χ4v) is 5.13. The minimum absolute atomic E-state index is 0.257. The zero-order valence-electron chi connectivity index (χ0n) is 21.2. The monoisotopic (exact) mass is 556 g/mol. The standard InChI is InChI=1S/C31H23ClF2N4O2/c32-26-11-10-22-14-21(6-8-23(22)15-26)7-9-24-16-36-13-12-27(24)29(40)37-17-28(39)38-20-31(33,34)18-30(38,19-35)25-4-2-1-3-5-25/h1-16H,17-18,20H2,(H,37,40)/b9-7+. The summed E-state index contributed by atoms with van der Waals surface area (Å²) in [6.07, 6.45) is 5.72. The molecule has 2 amide bonds. The number of aromatic nitrogens is 1. The first-order chi connectivity index (χ1) is 19.2. The van der Waals surface area contributed by atoms with Crippen molar-refractivity contribution < 1.29 is 18.4 Å². The largest absolute Gasteiger partial charge is 0.343 e. The minimum Gasteiger partial charge on any atom is -0.343 e. The smallest absolute Gasteiger partial charge is 0.269 e. The molecular weight excluding hydrogens is 534 g/mol. The molecule has 3 aromatic carbocycles. The summed E-state index contributed by atoms with van der Waals surface area (Å²) >= 11 is 6.06. The molecule has 1 saturated heterocycles. The second-order valence-electron chi connectivity index (χ2n) is 9.58. The number of hydrogen-bond donors (Lipinski definition) is 1. The molecule has 1 aliphatic heterocycles. The van der Waals surface area contributed by atoms with Crippen LogP contribution < -0.4 is 5.32 Å². The van der Waals surface area contributed by atoms with Crippen LogP contribution in [0.2, 0.25) is 5.02 Å². The second kappa shape index (κ2) is 10.9. The Kier molecular flexibility index (Phi) is 7.33. The van der Waals surface area contributed by atoms with Crippen LogP contribution in [0.1, 0.15) is 33.5 Å². The molecule has 0 radical (unpaired) electrons. The number of rotatable bonds is 6. The lowest BCUT2D eigenvalue weighted by molar-refractivity contribution is -0.133. The highest BCUT2D eigenvalue weighted by Gasteiger charge is 2.58. The molecule has 1 aliphatic rings. The number of likely N-dealkylation sites (tertiary alicyclic amines) is 1. The number of fused-ring (bicyclic) bond motifs is 1. The van der Waals surface area contributed by atoms with Crippen LogP contribution in [-0.4, -0.2) is 40.7 Å². The van der Waals surface area contributed by atoms with Gasteiger partial charge in [-0.05, 0) is 46.2 Å². The van der Waals surface area contributed by atoms with Crippen molar-refractivity contribution in [1.29, 1.82) is 5.26 Å². The Morgan fingerprint density at radius 2 is 1.80 bits per heavy atom. The second-order valence-corrected chi connectivity index (χ2v) is 10.0. The first-order valence-electron chi connectivity index (χ1n) is 12.5. The summed E-state index contributed by atoms with van der Waals surface area (Å²) in [5.74, 6) is -4.60. The number of nitrogens with zero attached hydrogens (tertiary/aromatic N) is 3. The van der Waals surface area contributed by atoms with Gasteiger partial charge in [0.25, 0.3) is 11.8 Å². The van der Waals surface area contributed by atoms with Gasteiger partial charge < -0.3 is 10.2 Å². The molecular formula is C31H23ClF2N4O2. The number of alkyl halides is 2. The lowest BCUT2D eigenvalue weighted by Crippen LogP contribution is -2.48. The van der Waals surface area contributed by atoms with E-state index in [0.29, 0.717) is 16.1 Å². The maximum absolute atomic E-state index is 14.5. The number of carbonyl (C=O) groups excluding carboxylic acids is 2. The molecule has 9 heteroatoms. The third-order valence-corrected chi connectivity index (χ3v) is 7.12. The van der Waals surface area contributed by atoms with Crippen molar-refractivity contribution in [2.45, 2.75) is 17.9 Å². The van der Waals surface area contributed by atoms with Crippen molar-refractivity contribution in [3.05, 3.63) is 112 Å². The van der Waals surface area contributed by atoms with Gasteiger partial charge in [0, 0.05) is 28.5 Å². The van der Waals surface area contributed by atoms with E-state index in [4.69, 9.17) is 11.6 Å². The summed E-state index contributed by atoms with van der Waals surface area (Å²) < 4.78 is 29.0. The van der Waals surface area contributed by atoms with E-state index in [1.54, 1.807) is 36.4 Å². The molecule has 0 saturated carbocycles. The van der Waals surface area contributed by atoms with E-state index in [9.17, 15) is 23.6 Å². The zero-order chi connectivity index (χ0) is 28.3. The average Bonchev–Trinajstić information content (AvgIpc) is 3.27. The molecule has 1 atom stereocenters. The summed E-state index contributed by atoms with van der Waals surface area (Å²) in [4.78, 5) is 31.2. The number of benzene rings is 3. The Bertz CT molecular complexity index is 1670. The van der Waals surface area contributed by atoms with Gasteiger partial charge in [0.15, 0.2) is 5.54 Å². The highest BCUT2D eigenvalue weighted by molar-refractivity contribution is 6.31. The Balaban J connectivity index is 1.32. The molecule has 1 N–H and O–H groups in total. The number of amides is 2. The summed E-state index contributed by atoms with van der Waals surface area (Å²) in [5.41, 5.74) is 0.124. The van der Waals surface area contributed by atoms with E-state index in [1.807, 2.05) is 48.5 Å². The third kappa shape index (κ3) is 5.42. The van der Waals surface area contributed by atoms with Crippen LogP contribution in [0.3, 0.4) is 0 Å². The van der Waals surface area contributed by atoms with Gasteiger partial charge in [-0.3, -0.25) is 14.6 Å². The van der Waals surface area contributed by atoms with Crippen LogP contribution in [0.5, 0.6) is 0 Å². The highest BCUT2D eigenvalue weighted by atomic mass is 35.5. The Labute approximate surface area is 234 Å². The van der Waals surface area contributed by atoms with Gasteiger partial charge in [0.2, 0.25) is 5.91 Å². The molecule has 200 valence electrons. The fraction of sp³-hybridized carbons (Fsp3) is 0.161.